The lowest BCUT2D eigenvalue weighted by Gasteiger charge is -2.17. The van der Waals surface area contributed by atoms with Crippen molar-refractivity contribution in [2.75, 3.05) is 29.9 Å². The number of carbonyl (C=O) groups is 2. The molecule has 6 nitrogen and oxygen atoms in total. The SMILES string of the molecule is CC(C)(C)C(=O)NCCC(=O)Nc1ccc(N2CCCC2)nc1. The van der Waals surface area contributed by atoms with E-state index >= 15 is 0 Å². The van der Waals surface area contributed by atoms with Crippen LogP contribution in [0.15, 0.2) is 18.3 Å². The molecule has 0 saturated carbocycles. The van der Waals surface area contributed by atoms with E-state index in [0.29, 0.717) is 12.2 Å². The lowest BCUT2D eigenvalue weighted by Crippen LogP contribution is -2.36. The Bertz CT molecular complexity index is 543. The zero-order valence-corrected chi connectivity index (χ0v) is 14.2. The number of pyridine rings is 1. The van der Waals surface area contributed by atoms with Crippen molar-refractivity contribution >= 4 is 23.3 Å². The van der Waals surface area contributed by atoms with Crippen molar-refractivity contribution in [2.24, 2.45) is 5.41 Å². The van der Waals surface area contributed by atoms with E-state index in [1.165, 1.54) is 12.8 Å². The molecular formula is C17H26N4O2. The van der Waals surface area contributed by atoms with Crippen LogP contribution < -0.4 is 15.5 Å². The van der Waals surface area contributed by atoms with Crippen molar-refractivity contribution in [1.82, 2.24) is 10.3 Å². The molecule has 0 unspecified atom stereocenters. The third kappa shape index (κ3) is 5.23. The van der Waals surface area contributed by atoms with Gasteiger partial charge in [0.2, 0.25) is 11.8 Å². The van der Waals surface area contributed by atoms with Gasteiger partial charge in [-0.2, -0.15) is 0 Å². The van der Waals surface area contributed by atoms with Crippen molar-refractivity contribution in [3.63, 3.8) is 0 Å². The van der Waals surface area contributed by atoms with Crippen LogP contribution in [-0.4, -0.2) is 36.4 Å². The van der Waals surface area contributed by atoms with Gasteiger partial charge in [0, 0.05) is 31.5 Å². The van der Waals surface area contributed by atoms with Crippen molar-refractivity contribution < 1.29 is 9.59 Å². The molecule has 23 heavy (non-hydrogen) atoms. The lowest BCUT2D eigenvalue weighted by atomic mass is 9.96. The molecule has 1 saturated heterocycles. The van der Waals surface area contributed by atoms with E-state index in [9.17, 15) is 9.59 Å². The van der Waals surface area contributed by atoms with Gasteiger partial charge in [-0.3, -0.25) is 9.59 Å². The zero-order chi connectivity index (χ0) is 16.9. The highest BCUT2D eigenvalue weighted by Gasteiger charge is 2.20. The highest BCUT2D eigenvalue weighted by Crippen LogP contribution is 2.19. The second kappa shape index (κ2) is 7.44. The van der Waals surface area contributed by atoms with E-state index in [1.54, 1.807) is 6.20 Å². The van der Waals surface area contributed by atoms with Crippen molar-refractivity contribution in [1.29, 1.82) is 0 Å². The number of aromatic nitrogens is 1. The summed E-state index contributed by atoms with van der Waals surface area (Å²) in [4.78, 5) is 30.2. The second-order valence-corrected chi connectivity index (χ2v) is 6.90. The van der Waals surface area contributed by atoms with Gasteiger partial charge in [-0.1, -0.05) is 20.8 Å². The number of rotatable bonds is 5. The Kier molecular flexibility index (Phi) is 5.58. The summed E-state index contributed by atoms with van der Waals surface area (Å²) < 4.78 is 0. The van der Waals surface area contributed by atoms with E-state index in [-0.39, 0.29) is 18.2 Å². The number of hydrogen-bond acceptors (Lipinski definition) is 4. The minimum absolute atomic E-state index is 0.0538. The van der Waals surface area contributed by atoms with Crippen LogP contribution in [0.1, 0.15) is 40.0 Å². The molecule has 0 atom stereocenters. The first-order valence-corrected chi connectivity index (χ1v) is 8.15. The summed E-state index contributed by atoms with van der Waals surface area (Å²) in [6, 6.07) is 3.80. The van der Waals surface area contributed by atoms with E-state index < -0.39 is 5.41 Å². The van der Waals surface area contributed by atoms with Crippen molar-refractivity contribution in [3.8, 4) is 0 Å². The first-order chi connectivity index (χ1) is 10.9. The second-order valence-electron chi connectivity index (χ2n) is 6.90. The van der Waals surface area contributed by atoms with Gasteiger partial charge in [-0.25, -0.2) is 4.98 Å². The number of nitrogens with zero attached hydrogens (tertiary/aromatic N) is 2. The molecule has 0 radical (unpaired) electrons. The first-order valence-electron chi connectivity index (χ1n) is 8.15. The third-order valence-electron chi connectivity index (χ3n) is 3.78. The Morgan fingerprint density at radius 1 is 1.22 bits per heavy atom. The molecule has 0 bridgehead atoms. The van der Waals surface area contributed by atoms with Crippen LogP contribution in [0.25, 0.3) is 0 Å². The van der Waals surface area contributed by atoms with Gasteiger partial charge in [0.25, 0.3) is 0 Å². The van der Waals surface area contributed by atoms with E-state index in [2.05, 4.69) is 20.5 Å². The Hall–Kier alpha value is -2.11. The fourth-order valence-electron chi connectivity index (χ4n) is 2.37. The molecule has 1 aromatic heterocycles. The molecule has 1 aromatic rings. The maximum Gasteiger partial charge on any atom is 0.226 e. The van der Waals surface area contributed by atoms with Crippen molar-refractivity contribution in [3.05, 3.63) is 18.3 Å². The summed E-state index contributed by atoms with van der Waals surface area (Å²) in [7, 11) is 0. The molecule has 6 heteroatoms. The topological polar surface area (TPSA) is 74.3 Å². The normalized spacial score (nSPS) is 14.7. The molecule has 1 fully saturated rings. The summed E-state index contributed by atoms with van der Waals surface area (Å²) >= 11 is 0. The summed E-state index contributed by atoms with van der Waals surface area (Å²) in [6.07, 6.45) is 4.34. The highest BCUT2D eigenvalue weighted by atomic mass is 16.2. The fourth-order valence-corrected chi connectivity index (χ4v) is 2.37. The number of carbonyl (C=O) groups excluding carboxylic acids is 2. The van der Waals surface area contributed by atoms with Crippen LogP contribution in [0.4, 0.5) is 11.5 Å². The molecule has 2 heterocycles. The highest BCUT2D eigenvalue weighted by molar-refractivity contribution is 5.91. The minimum Gasteiger partial charge on any atom is -0.357 e. The predicted octanol–water partition coefficient (Wildman–Crippen LogP) is 2.17. The van der Waals surface area contributed by atoms with Gasteiger partial charge >= 0.3 is 0 Å². The van der Waals surface area contributed by atoms with Gasteiger partial charge in [0.1, 0.15) is 5.82 Å². The quantitative estimate of drug-likeness (QED) is 0.872. The van der Waals surface area contributed by atoms with Gasteiger partial charge in [-0.15, -0.1) is 0 Å². The van der Waals surface area contributed by atoms with E-state index in [0.717, 1.165) is 18.9 Å². The predicted molar refractivity (Wildman–Crippen MR) is 91.4 cm³/mol. The molecule has 1 aliphatic heterocycles. The fraction of sp³-hybridized carbons (Fsp3) is 0.588. The molecule has 2 amide bonds. The number of hydrogen-bond donors (Lipinski definition) is 2. The molecule has 2 rings (SSSR count). The van der Waals surface area contributed by atoms with Gasteiger partial charge in [0.05, 0.1) is 11.9 Å². The summed E-state index contributed by atoms with van der Waals surface area (Å²) in [5.41, 5.74) is 0.242. The van der Waals surface area contributed by atoms with E-state index in [1.807, 2.05) is 32.9 Å². The molecule has 0 spiro atoms. The minimum atomic E-state index is -0.439. The molecule has 1 aliphatic rings. The van der Waals surface area contributed by atoms with Gasteiger partial charge < -0.3 is 15.5 Å². The summed E-state index contributed by atoms with van der Waals surface area (Å²) in [5.74, 6) is 0.773. The molecule has 0 aromatic carbocycles. The van der Waals surface area contributed by atoms with Gasteiger partial charge in [-0.05, 0) is 25.0 Å². The maximum absolute atomic E-state index is 11.9. The zero-order valence-electron chi connectivity index (χ0n) is 14.2. The van der Waals surface area contributed by atoms with Crippen LogP contribution in [0.5, 0.6) is 0 Å². The van der Waals surface area contributed by atoms with E-state index in [4.69, 9.17) is 0 Å². The van der Waals surface area contributed by atoms with Crippen LogP contribution in [0, 0.1) is 5.41 Å². The number of anilines is 2. The van der Waals surface area contributed by atoms with Crippen LogP contribution >= 0.6 is 0 Å². The molecule has 0 aliphatic carbocycles. The smallest absolute Gasteiger partial charge is 0.226 e. The maximum atomic E-state index is 11.9. The van der Waals surface area contributed by atoms with Crippen molar-refractivity contribution in [2.45, 2.75) is 40.0 Å². The van der Waals surface area contributed by atoms with Gasteiger partial charge in [0.15, 0.2) is 0 Å². The average Bonchev–Trinajstić information content (AvgIpc) is 3.01. The Balaban J connectivity index is 1.75. The summed E-state index contributed by atoms with van der Waals surface area (Å²) in [6.45, 7) is 7.96. The Morgan fingerprint density at radius 3 is 2.48 bits per heavy atom. The largest absolute Gasteiger partial charge is 0.357 e. The van der Waals surface area contributed by atoms with Crippen LogP contribution in [-0.2, 0) is 9.59 Å². The first kappa shape index (κ1) is 17.2. The molecular weight excluding hydrogens is 292 g/mol. The number of amides is 2. The molecule has 2 N–H and O–H groups in total. The average molecular weight is 318 g/mol. The number of nitrogens with one attached hydrogen (secondary N) is 2. The van der Waals surface area contributed by atoms with Crippen LogP contribution in [0.2, 0.25) is 0 Å². The standard InChI is InChI=1S/C17H26N4O2/c1-17(2,3)16(23)18-9-8-15(22)20-13-6-7-14(19-12-13)21-10-4-5-11-21/h6-7,12H,4-5,8-11H2,1-3H3,(H,18,23)(H,20,22). The Labute approximate surface area is 137 Å². The Morgan fingerprint density at radius 2 is 1.91 bits per heavy atom. The monoisotopic (exact) mass is 318 g/mol. The molecule has 126 valence electrons. The third-order valence-corrected chi connectivity index (χ3v) is 3.78. The lowest BCUT2D eigenvalue weighted by molar-refractivity contribution is -0.128. The summed E-state index contributed by atoms with van der Waals surface area (Å²) in [5, 5.41) is 5.56. The van der Waals surface area contributed by atoms with Crippen LogP contribution in [0.3, 0.4) is 0 Å².